The molecular weight excluding hydrogens is 442 g/mol. The molecular formula is C24H23N3O5S. The average molecular weight is 466 g/mol. The van der Waals surface area contributed by atoms with Gasteiger partial charge in [0.05, 0.1) is 30.8 Å². The number of aromatic nitrogens is 1. The van der Waals surface area contributed by atoms with Crippen LogP contribution >= 0.6 is 12.2 Å². The Bertz CT molecular complexity index is 1190. The molecule has 3 heterocycles. The minimum absolute atomic E-state index is 0.174. The van der Waals surface area contributed by atoms with E-state index < -0.39 is 5.97 Å². The van der Waals surface area contributed by atoms with Gasteiger partial charge < -0.3 is 24.5 Å². The van der Waals surface area contributed by atoms with Crippen molar-refractivity contribution in [2.75, 3.05) is 13.7 Å². The first-order valence-electron chi connectivity index (χ1n) is 10.4. The summed E-state index contributed by atoms with van der Waals surface area (Å²) in [6.07, 6.45) is 1.89. The second-order valence-corrected chi connectivity index (χ2v) is 8.07. The fourth-order valence-corrected chi connectivity index (χ4v) is 4.33. The van der Waals surface area contributed by atoms with Crippen molar-refractivity contribution < 1.29 is 23.8 Å². The van der Waals surface area contributed by atoms with Crippen molar-refractivity contribution in [3.63, 3.8) is 0 Å². The zero-order valence-electron chi connectivity index (χ0n) is 18.1. The lowest BCUT2D eigenvalue weighted by molar-refractivity contribution is -0.140. The number of aromatic carboxylic acids is 1. The van der Waals surface area contributed by atoms with Crippen molar-refractivity contribution in [3.8, 4) is 11.3 Å². The van der Waals surface area contributed by atoms with E-state index in [0.29, 0.717) is 23.2 Å². The molecule has 0 spiro atoms. The van der Waals surface area contributed by atoms with Crippen LogP contribution in [-0.2, 0) is 9.53 Å². The van der Waals surface area contributed by atoms with Crippen LogP contribution in [0.3, 0.4) is 0 Å². The van der Waals surface area contributed by atoms with E-state index >= 15 is 0 Å². The van der Waals surface area contributed by atoms with Gasteiger partial charge in [-0.2, -0.15) is 0 Å². The highest BCUT2D eigenvalue weighted by molar-refractivity contribution is 7.80. The number of nitrogens with zero attached hydrogens (tertiary/aromatic N) is 2. The van der Waals surface area contributed by atoms with Crippen molar-refractivity contribution in [2.24, 2.45) is 0 Å². The van der Waals surface area contributed by atoms with Gasteiger partial charge >= 0.3 is 11.9 Å². The Hall–Kier alpha value is -3.72. The Morgan fingerprint density at radius 1 is 1.24 bits per heavy atom. The fraction of sp³-hybridized carbons (Fsp3) is 0.250. The van der Waals surface area contributed by atoms with Gasteiger partial charge in [0, 0.05) is 18.3 Å². The van der Waals surface area contributed by atoms with Gasteiger partial charge in [0.15, 0.2) is 5.11 Å². The number of aryl methyl sites for hydroxylation is 1. The molecule has 0 bridgehead atoms. The highest BCUT2D eigenvalue weighted by atomic mass is 32.1. The molecule has 9 heteroatoms. The van der Waals surface area contributed by atoms with E-state index in [9.17, 15) is 14.7 Å². The van der Waals surface area contributed by atoms with E-state index in [1.165, 1.54) is 7.11 Å². The summed E-state index contributed by atoms with van der Waals surface area (Å²) >= 11 is 5.58. The number of carbonyl (C=O) groups is 2. The Kier molecular flexibility index (Phi) is 6.41. The van der Waals surface area contributed by atoms with E-state index in [1.807, 2.05) is 42.2 Å². The van der Waals surface area contributed by atoms with Gasteiger partial charge in [-0.25, -0.2) is 4.79 Å². The molecule has 0 saturated carbocycles. The Balaban J connectivity index is 1.70. The van der Waals surface area contributed by atoms with Crippen LogP contribution in [0.4, 0.5) is 0 Å². The van der Waals surface area contributed by atoms with E-state index in [4.69, 9.17) is 21.4 Å². The number of carbonyl (C=O) groups excluding carboxylic acids is 1. The van der Waals surface area contributed by atoms with Crippen molar-refractivity contribution >= 4 is 29.3 Å². The lowest BCUT2D eigenvalue weighted by Crippen LogP contribution is -2.31. The summed E-state index contributed by atoms with van der Waals surface area (Å²) in [5.41, 5.74) is 2.61. The predicted octanol–water partition coefficient (Wildman–Crippen LogP) is 3.88. The minimum atomic E-state index is -0.977. The second kappa shape index (κ2) is 9.41. The van der Waals surface area contributed by atoms with Crippen LogP contribution in [0, 0.1) is 6.92 Å². The van der Waals surface area contributed by atoms with Gasteiger partial charge in [0.2, 0.25) is 0 Å². The summed E-state index contributed by atoms with van der Waals surface area (Å²) in [6.45, 7) is 2.20. The standard InChI is InChI=1S/C24H23N3O5S/c1-14-13-15(23(29)30)6-7-16(14)18-8-9-19(32-18)22-21(17-5-3-4-11-25-17)26-24(33)27(22)12-10-20(28)31-2/h3-9,11,13,21-22H,10,12H2,1-2H3,(H,26,33)(H,29,30)/t21-,22+/m0/s1. The molecule has 3 aromatic rings. The molecule has 1 aliphatic rings. The topological polar surface area (TPSA) is 105 Å². The average Bonchev–Trinajstić information content (AvgIpc) is 3.42. The highest BCUT2D eigenvalue weighted by Gasteiger charge is 2.41. The normalized spacial score (nSPS) is 17.6. The minimum Gasteiger partial charge on any atom is -0.478 e. The maximum Gasteiger partial charge on any atom is 0.335 e. The smallest absolute Gasteiger partial charge is 0.335 e. The number of benzene rings is 1. The van der Waals surface area contributed by atoms with Gasteiger partial charge in [-0.15, -0.1) is 0 Å². The maximum atomic E-state index is 11.8. The summed E-state index contributed by atoms with van der Waals surface area (Å²) in [5.74, 6) is -0.0357. The molecule has 0 unspecified atom stereocenters. The zero-order chi connectivity index (χ0) is 23.5. The molecule has 2 atom stereocenters. The third-order valence-corrected chi connectivity index (χ3v) is 5.99. The molecule has 33 heavy (non-hydrogen) atoms. The zero-order valence-corrected chi connectivity index (χ0v) is 19.0. The summed E-state index contributed by atoms with van der Waals surface area (Å²) in [4.78, 5) is 29.4. The second-order valence-electron chi connectivity index (χ2n) is 7.68. The van der Waals surface area contributed by atoms with Crippen molar-refractivity contribution in [2.45, 2.75) is 25.4 Å². The molecule has 1 fully saturated rings. The third kappa shape index (κ3) is 4.58. The van der Waals surface area contributed by atoms with E-state index in [0.717, 1.165) is 16.8 Å². The van der Waals surface area contributed by atoms with Gasteiger partial charge in [-0.1, -0.05) is 12.1 Å². The lowest BCUT2D eigenvalue weighted by Gasteiger charge is -2.25. The van der Waals surface area contributed by atoms with Crippen molar-refractivity contribution in [3.05, 3.63) is 77.3 Å². The monoisotopic (exact) mass is 465 g/mol. The van der Waals surface area contributed by atoms with Crippen LogP contribution in [0.1, 0.15) is 45.9 Å². The molecule has 170 valence electrons. The summed E-state index contributed by atoms with van der Waals surface area (Å²) in [5, 5.41) is 13.0. The number of carboxylic acids is 1. The molecule has 1 aromatic carbocycles. The molecule has 8 nitrogen and oxygen atoms in total. The van der Waals surface area contributed by atoms with Crippen LogP contribution in [0.25, 0.3) is 11.3 Å². The molecule has 0 amide bonds. The number of hydrogen-bond acceptors (Lipinski definition) is 6. The molecule has 0 radical (unpaired) electrons. The van der Waals surface area contributed by atoms with E-state index in [2.05, 4.69) is 10.3 Å². The Labute approximate surface area is 196 Å². The number of hydrogen-bond donors (Lipinski definition) is 2. The van der Waals surface area contributed by atoms with Crippen LogP contribution < -0.4 is 5.32 Å². The largest absolute Gasteiger partial charge is 0.478 e. The number of thiocarbonyl (C=S) groups is 1. The fourth-order valence-electron chi connectivity index (χ4n) is 4.00. The number of ether oxygens (including phenoxy) is 1. The molecule has 1 aliphatic heterocycles. The van der Waals surface area contributed by atoms with Gasteiger partial charge in [0.25, 0.3) is 0 Å². The van der Waals surface area contributed by atoms with Crippen LogP contribution in [-0.4, -0.2) is 45.7 Å². The van der Waals surface area contributed by atoms with Gasteiger partial charge in [-0.3, -0.25) is 9.78 Å². The van der Waals surface area contributed by atoms with Crippen LogP contribution in [0.5, 0.6) is 0 Å². The van der Waals surface area contributed by atoms with E-state index in [1.54, 1.807) is 24.4 Å². The van der Waals surface area contributed by atoms with Gasteiger partial charge in [-0.05, 0) is 61.1 Å². The molecule has 2 aromatic heterocycles. The number of esters is 1. The third-order valence-electron chi connectivity index (χ3n) is 5.64. The van der Waals surface area contributed by atoms with Crippen molar-refractivity contribution in [1.82, 2.24) is 15.2 Å². The first kappa shape index (κ1) is 22.5. The molecule has 0 aliphatic carbocycles. The van der Waals surface area contributed by atoms with Crippen LogP contribution in [0.2, 0.25) is 0 Å². The number of methoxy groups -OCH3 is 1. The van der Waals surface area contributed by atoms with Gasteiger partial charge in [0.1, 0.15) is 17.6 Å². The summed E-state index contributed by atoms with van der Waals surface area (Å²) in [6, 6.07) is 13.7. The number of nitrogens with one attached hydrogen (secondary N) is 1. The quantitative estimate of drug-likeness (QED) is 0.397. The van der Waals surface area contributed by atoms with E-state index in [-0.39, 0.29) is 30.0 Å². The first-order valence-corrected chi connectivity index (χ1v) is 10.8. The number of pyridine rings is 1. The number of carboxylic acid groups (broad SMARTS) is 1. The first-order chi connectivity index (χ1) is 15.9. The maximum absolute atomic E-state index is 11.8. The molecule has 2 N–H and O–H groups in total. The highest BCUT2D eigenvalue weighted by Crippen LogP contribution is 2.40. The molecule has 1 saturated heterocycles. The lowest BCUT2D eigenvalue weighted by atomic mass is 10.0. The number of furan rings is 1. The SMILES string of the molecule is COC(=O)CCN1C(=S)N[C@@H](c2ccccn2)[C@H]1c1ccc(-c2ccc(C(=O)O)cc2C)o1. The summed E-state index contributed by atoms with van der Waals surface area (Å²) < 4.78 is 11.1. The van der Waals surface area contributed by atoms with Crippen molar-refractivity contribution in [1.29, 1.82) is 0 Å². The number of rotatable bonds is 7. The Morgan fingerprint density at radius 2 is 2.06 bits per heavy atom. The predicted molar refractivity (Wildman–Crippen MR) is 125 cm³/mol. The van der Waals surface area contributed by atoms with Crippen LogP contribution in [0.15, 0.2) is 59.1 Å². The summed E-state index contributed by atoms with van der Waals surface area (Å²) in [7, 11) is 1.35. The molecule has 4 rings (SSSR count). The Morgan fingerprint density at radius 3 is 2.73 bits per heavy atom.